The molecule has 0 fully saturated rings. The predicted octanol–water partition coefficient (Wildman–Crippen LogP) is 3.31. The number of hydrogen-bond donors (Lipinski definition) is 0. The summed E-state index contributed by atoms with van der Waals surface area (Å²) in [6.07, 6.45) is 1.00. The van der Waals surface area contributed by atoms with Crippen LogP contribution < -0.4 is 4.90 Å². The minimum atomic E-state index is -0.169. The second-order valence-corrected chi connectivity index (χ2v) is 4.51. The number of benzene rings is 2. The van der Waals surface area contributed by atoms with Gasteiger partial charge in [0.15, 0.2) is 0 Å². The van der Waals surface area contributed by atoms with Crippen molar-refractivity contribution in [3.05, 3.63) is 65.7 Å². The van der Waals surface area contributed by atoms with E-state index in [1.165, 1.54) is 5.56 Å². The van der Waals surface area contributed by atoms with E-state index in [0.29, 0.717) is 0 Å². The Morgan fingerprint density at radius 1 is 1.00 bits per heavy atom. The molecule has 1 heterocycles. The monoisotopic (exact) mass is 234 g/mol. The Kier molecular flexibility index (Phi) is 2.74. The first-order chi connectivity index (χ1) is 8.90. The van der Waals surface area contributed by atoms with Crippen LogP contribution in [0.1, 0.15) is 17.2 Å². The first-order valence-electron chi connectivity index (χ1n) is 6.19. The summed E-state index contributed by atoms with van der Waals surface area (Å²) in [5.41, 5.74) is 3.57. The van der Waals surface area contributed by atoms with Gasteiger partial charge >= 0.3 is 0 Å². The van der Waals surface area contributed by atoms with Gasteiger partial charge in [-0.15, -0.1) is 0 Å². The molecule has 0 amide bonds. The average molecular weight is 234 g/mol. The molecule has 1 aliphatic heterocycles. The van der Waals surface area contributed by atoms with Gasteiger partial charge in [0.25, 0.3) is 0 Å². The van der Waals surface area contributed by atoms with Crippen molar-refractivity contribution in [1.29, 1.82) is 5.26 Å². The van der Waals surface area contributed by atoms with Crippen LogP contribution in [0.25, 0.3) is 0 Å². The highest BCUT2D eigenvalue weighted by Gasteiger charge is 2.26. The van der Waals surface area contributed by atoms with Gasteiger partial charge in [0, 0.05) is 12.2 Å². The predicted molar refractivity (Wildman–Crippen MR) is 72.3 cm³/mol. The summed E-state index contributed by atoms with van der Waals surface area (Å²) in [6.45, 7) is 0.902. The molecule has 1 aliphatic rings. The molecule has 0 bridgehead atoms. The first kappa shape index (κ1) is 10.9. The lowest BCUT2D eigenvalue weighted by Crippen LogP contribution is -2.34. The van der Waals surface area contributed by atoms with Gasteiger partial charge in [0.2, 0.25) is 0 Å². The summed E-state index contributed by atoms with van der Waals surface area (Å²) in [5, 5.41) is 9.48. The maximum atomic E-state index is 9.48. The average Bonchev–Trinajstić information content (AvgIpc) is 2.47. The molecular weight excluding hydrogens is 220 g/mol. The van der Waals surface area contributed by atoms with Crippen LogP contribution in [0, 0.1) is 11.3 Å². The van der Waals surface area contributed by atoms with E-state index in [2.05, 4.69) is 35.2 Å². The Balaban J connectivity index is 2.03. The third kappa shape index (κ3) is 1.74. The Bertz CT molecular complexity index is 584. The van der Waals surface area contributed by atoms with Crippen molar-refractivity contribution >= 4 is 5.69 Å². The van der Waals surface area contributed by atoms with Crippen molar-refractivity contribution in [2.45, 2.75) is 12.5 Å². The van der Waals surface area contributed by atoms with Gasteiger partial charge in [-0.25, -0.2) is 0 Å². The summed E-state index contributed by atoms with van der Waals surface area (Å²) in [5.74, 6) is 0. The van der Waals surface area contributed by atoms with E-state index >= 15 is 0 Å². The lowest BCUT2D eigenvalue weighted by Gasteiger charge is -2.35. The van der Waals surface area contributed by atoms with Crippen molar-refractivity contribution in [3.63, 3.8) is 0 Å². The fourth-order valence-electron chi connectivity index (χ4n) is 2.60. The zero-order chi connectivity index (χ0) is 12.4. The molecular formula is C16H14N2. The summed E-state index contributed by atoms with van der Waals surface area (Å²) < 4.78 is 0. The molecule has 0 saturated heterocycles. The molecule has 0 aliphatic carbocycles. The first-order valence-corrected chi connectivity index (χ1v) is 6.19. The number of para-hydroxylation sites is 1. The third-order valence-corrected chi connectivity index (χ3v) is 3.49. The van der Waals surface area contributed by atoms with Crippen molar-refractivity contribution in [3.8, 4) is 6.07 Å². The zero-order valence-electron chi connectivity index (χ0n) is 10.1. The van der Waals surface area contributed by atoms with Crippen molar-refractivity contribution < 1.29 is 0 Å². The maximum absolute atomic E-state index is 9.48. The van der Waals surface area contributed by atoms with Crippen LogP contribution in [0.4, 0.5) is 5.69 Å². The molecule has 3 rings (SSSR count). The van der Waals surface area contributed by atoms with E-state index in [9.17, 15) is 5.26 Å². The molecule has 0 saturated carbocycles. The van der Waals surface area contributed by atoms with E-state index in [4.69, 9.17) is 0 Å². The maximum Gasteiger partial charge on any atom is 0.142 e. The Hall–Kier alpha value is -2.27. The number of rotatable bonds is 1. The number of anilines is 1. The standard InChI is InChI=1S/C16H14N2/c17-12-16-15-9-5-4-6-13(15)10-11-18(16)14-7-2-1-3-8-14/h1-9,16H,10-11H2. The minimum absolute atomic E-state index is 0.169. The minimum Gasteiger partial charge on any atom is -0.352 e. The lowest BCUT2D eigenvalue weighted by molar-refractivity contribution is 0.676. The molecule has 0 spiro atoms. The second-order valence-electron chi connectivity index (χ2n) is 4.51. The van der Waals surface area contributed by atoms with Crippen LogP contribution in [0.3, 0.4) is 0 Å². The van der Waals surface area contributed by atoms with Gasteiger partial charge in [0.05, 0.1) is 6.07 Å². The summed E-state index contributed by atoms with van der Waals surface area (Å²) >= 11 is 0. The highest BCUT2D eigenvalue weighted by atomic mass is 15.2. The molecule has 1 unspecified atom stereocenters. The summed E-state index contributed by atoms with van der Waals surface area (Å²) in [6, 6.07) is 20.7. The number of nitrogens with zero attached hydrogens (tertiary/aromatic N) is 2. The van der Waals surface area contributed by atoms with Crippen molar-refractivity contribution in [2.75, 3.05) is 11.4 Å². The Labute approximate surface area is 107 Å². The zero-order valence-corrected chi connectivity index (χ0v) is 10.1. The van der Waals surface area contributed by atoms with Crippen LogP contribution in [0.5, 0.6) is 0 Å². The van der Waals surface area contributed by atoms with Gasteiger partial charge < -0.3 is 4.90 Å². The third-order valence-electron chi connectivity index (χ3n) is 3.49. The lowest BCUT2D eigenvalue weighted by atomic mass is 9.93. The van der Waals surface area contributed by atoms with Gasteiger partial charge in [-0.3, -0.25) is 0 Å². The molecule has 0 radical (unpaired) electrons. The fourth-order valence-corrected chi connectivity index (χ4v) is 2.60. The molecule has 2 nitrogen and oxygen atoms in total. The van der Waals surface area contributed by atoms with Gasteiger partial charge in [0.1, 0.15) is 6.04 Å². The smallest absolute Gasteiger partial charge is 0.142 e. The molecule has 2 heteroatoms. The topological polar surface area (TPSA) is 27.0 Å². The highest BCUT2D eigenvalue weighted by molar-refractivity contribution is 5.54. The Morgan fingerprint density at radius 2 is 1.72 bits per heavy atom. The molecule has 2 aromatic rings. The van der Waals surface area contributed by atoms with E-state index in [-0.39, 0.29) is 6.04 Å². The number of fused-ring (bicyclic) bond motifs is 1. The van der Waals surface area contributed by atoms with Gasteiger partial charge in [-0.1, -0.05) is 42.5 Å². The molecule has 2 aromatic carbocycles. The molecule has 1 atom stereocenters. The van der Waals surface area contributed by atoms with Crippen LogP contribution in [0.15, 0.2) is 54.6 Å². The van der Waals surface area contributed by atoms with Crippen molar-refractivity contribution in [1.82, 2.24) is 0 Å². The normalized spacial score (nSPS) is 17.9. The molecule has 0 N–H and O–H groups in total. The van der Waals surface area contributed by atoms with Crippen LogP contribution in [-0.4, -0.2) is 6.54 Å². The van der Waals surface area contributed by atoms with E-state index in [1.54, 1.807) is 0 Å². The summed E-state index contributed by atoms with van der Waals surface area (Å²) in [7, 11) is 0. The van der Waals surface area contributed by atoms with Gasteiger partial charge in [-0.2, -0.15) is 5.26 Å². The van der Waals surface area contributed by atoms with Crippen LogP contribution in [0.2, 0.25) is 0 Å². The summed E-state index contributed by atoms with van der Waals surface area (Å²) in [4.78, 5) is 2.18. The highest BCUT2D eigenvalue weighted by Crippen LogP contribution is 2.32. The largest absolute Gasteiger partial charge is 0.352 e. The van der Waals surface area contributed by atoms with E-state index in [0.717, 1.165) is 24.2 Å². The quantitative estimate of drug-likeness (QED) is 0.757. The van der Waals surface area contributed by atoms with E-state index < -0.39 is 0 Å². The molecule has 18 heavy (non-hydrogen) atoms. The Morgan fingerprint density at radius 3 is 2.50 bits per heavy atom. The van der Waals surface area contributed by atoms with E-state index in [1.807, 2.05) is 30.3 Å². The number of hydrogen-bond acceptors (Lipinski definition) is 2. The van der Waals surface area contributed by atoms with Crippen LogP contribution in [-0.2, 0) is 6.42 Å². The molecule has 88 valence electrons. The number of nitriles is 1. The van der Waals surface area contributed by atoms with Crippen LogP contribution >= 0.6 is 0 Å². The van der Waals surface area contributed by atoms with Gasteiger partial charge in [-0.05, 0) is 29.7 Å². The second kappa shape index (κ2) is 4.54. The SMILES string of the molecule is N#CC1c2ccccc2CCN1c1ccccc1. The molecule has 0 aromatic heterocycles. The van der Waals surface area contributed by atoms with Crippen molar-refractivity contribution in [2.24, 2.45) is 0 Å². The fraction of sp³-hybridized carbons (Fsp3) is 0.188.